The second kappa shape index (κ2) is 6.96. The van der Waals surface area contributed by atoms with E-state index in [1.807, 2.05) is 12.1 Å². The van der Waals surface area contributed by atoms with E-state index >= 15 is 0 Å². The van der Waals surface area contributed by atoms with Crippen LogP contribution in [0.15, 0.2) is 42.5 Å². The van der Waals surface area contributed by atoms with Gasteiger partial charge in [-0.1, -0.05) is 11.6 Å². The van der Waals surface area contributed by atoms with Gasteiger partial charge in [0.25, 0.3) is 5.91 Å². The first-order chi connectivity index (χ1) is 12.6. The summed E-state index contributed by atoms with van der Waals surface area (Å²) in [4.78, 5) is 14.5. The number of hydrogen-bond acceptors (Lipinski definition) is 3. The van der Waals surface area contributed by atoms with Crippen LogP contribution in [0.2, 0.25) is 5.02 Å². The molecule has 26 heavy (non-hydrogen) atoms. The second-order valence-electron chi connectivity index (χ2n) is 6.33. The molecule has 1 aliphatic rings. The molecule has 0 spiro atoms. The Labute approximate surface area is 154 Å². The van der Waals surface area contributed by atoms with Gasteiger partial charge in [0, 0.05) is 36.3 Å². The molecule has 134 valence electrons. The van der Waals surface area contributed by atoms with Crippen molar-refractivity contribution >= 4 is 28.4 Å². The maximum atomic E-state index is 13.5. The van der Waals surface area contributed by atoms with Crippen LogP contribution >= 0.6 is 11.6 Å². The predicted octanol–water partition coefficient (Wildman–Crippen LogP) is 4.04. The summed E-state index contributed by atoms with van der Waals surface area (Å²) in [6.07, 6.45) is 1.50. The summed E-state index contributed by atoms with van der Waals surface area (Å²) in [5.41, 5.74) is 0.910. The zero-order valence-electron chi connectivity index (χ0n) is 13.9. The fourth-order valence-electron chi connectivity index (χ4n) is 3.18. The van der Waals surface area contributed by atoms with E-state index in [0.29, 0.717) is 29.0 Å². The number of carbonyl (C=O) groups excluding carboxylic acids is 1. The average molecular weight is 374 g/mol. The summed E-state index contributed by atoms with van der Waals surface area (Å²) < 4.78 is 19.4. The summed E-state index contributed by atoms with van der Waals surface area (Å²) in [6.45, 7) is 1.14. The number of benzene rings is 2. The number of aromatic amines is 1. The first kappa shape index (κ1) is 16.8. The number of piperidine rings is 1. The van der Waals surface area contributed by atoms with Crippen LogP contribution < -0.4 is 4.74 Å². The highest BCUT2D eigenvalue weighted by molar-refractivity contribution is 6.30. The van der Waals surface area contributed by atoms with Crippen molar-refractivity contribution in [1.82, 2.24) is 15.1 Å². The lowest BCUT2D eigenvalue weighted by molar-refractivity contribution is 0.0592. The van der Waals surface area contributed by atoms with Crippen LogP contribution in [-0.4, -0.2) is 40.2 Å². The average Bonchev–Trinajstić information content (AvgIpc) is 3.06. The molecule has 2 aromatic carbocycles. The van der Waals surface area contributed by atoms with Crippen molar-refractivity contribution in [2.24, 2.45) is 0 Å². The van der Waals surface area contributed by atoms with Crippen molar-refractivity contribution in [3.8, 4) is 5.75 Å². The van der Waals surface area contributed by atoms with Gasteiger partial charge in [-0.15, -0.1) is 0 Å². The summed E-state index contributed by atoms with van der Waals surface area (Å²) in [7, 11) is 0. The molecule has 4 rings (SSSR count). The molecular weight excluding hydrogens is 357 g/mol. The second-order valence-corrected chi connectivity index (χ2v) is 6.76. The molecular formula is C19H17ClFN3O2. The lowest BCUT2D eigenvalue weighted by Crippen LogP contribution is -2.42. The van der Waals surface area contributed by atoms with E-state index in [1.54, 1.807) is 23.1 Å². The van der Waals surface area contributed by atoms with E-state index in [-0.39, 0.29) is 23.5 Å². The number of H-pyrrole nitrogens is 1. The number of aromatic nitrogens is 2. The number of nitrogens with one attached hydrogen (secondary N) is 1. The smallest absolute Gasteiger partial charge is 0.274 e. The predicted molar refractivity (Wildman–Crippen MR) is 97.1 cm³/mol. The van der Waals surface area contributed by atoms with Gasteiger partial charge in [-0.05, 0) is 42.5 Å². The highest BCUT2D eigenvalue weighted by atomic mass is 35.5. The summed E-state index contributed by atoms with van der Waals surface area (Å²) in [5, 5.41) is 8.04. The molecule has 1 saturated heterocycles. The zero-order chi connectivity index (χ0) is 18.1. The minimum absolute atomic E-state index is 0.0496. The number of hydrogen-bond donors (Lipinski definition) is 1. The molecule has 0 saturated carbocycles. The van der Waals surface area contributed by atoms with Crippen LogP contribution in [0.3, 0.4) is 0 Å². The Morgan fingerprint density at radius 3 is 2.65 bits per heavy atom. The van der Waals surface area contributed by atoms with Crippen molar-refractivity contribution in [2.45, 2.75) is 18.9 Å². The van der Waals surface area contributed by atoms with E-state index in [4.69, 9.17) is 16.3 Å². The lowest BCUT2D eigenvalue weighted by atomic mass is 10.1. The Balaban J connectivity index is 1.41. The summed E-state index contributed by atoms with van der Waals surface area (Å²) in [6, 6.07) is 11.5. The van der Waals surface area contributed by atoms with Crippen molar-refractivity contribution in [3.63, 3.8) is 0 Å². The molecule has 1 aliphatic heterocycles. The van der Waals surface area contributed by atoms with Crippen molar-refractivity contribution in [1.29, 1.82) is 0 Å². The summed E-state index contributed by atoms with van der Waals surface area (Å²) >= 11 is 5.88. The van der Waals surface area contributed by atoms with Gasteiger partial charge in [-0.25, -0.2) is 4.39 Å². The number of ether oxygens (including phenoxy) is 1. The van der Waals surface area contributed by atoms with Gasteiger partial charge >= 0.3 is 0 Å². The van der Waals surface area contributed by atoms with E-state index in [0.717, 1.165) is 18.6 Å². The fourth-order valence-corrected chi connectivity index (χ4v) is 3.31. The number of rotatable bonds is 3. The quantitative estimate of drug-likeness (QED) is 0.753. The highest BCUT2D eigenvalue weighted by Gasteiger charge is 2.27. The number of amides is 1. The van der Waals surface area contributed by atoms with Gasteiger partial charge in [0.2, 0.25) is 0 Å². The Kier molecular flexibility index (Phi) is 4.51. The minimum Gasteiger partial charge on any atom is -0.490 e. The molecule has 0 atom stereocenters. The van der Waals surface area contributed by atoms with E-state index < -0.39 is 0 Å². The van der Waals surface area contributed by atoms with Gasteiger partial charge < -0.3 is 9.64 Å². The Morgan fingerprint density at radius 1 is 1.19 bits per heavy atom. The third-order valence-electron chi connectivity index (χ3n) is 4.57. The standard InChI is InChI=1S/C19H17ClFN3O2/c20-12-1-4-14(5-2-12)26-15-7-9-24(10-8-15)19(25)18-16-11-13(21)3-6-17(16)22-23-18/h1-6,11,15H,7-10H2,(H,22,23). The number of fused-ring (bicyclic) bond motifs is 1. The number of nitrogens with zero attached hydrogens (tertiary/aromatic N) is 2. The lowest BCUT2D eigenvalue weighted by Gasteiger charge is -2.31. The molecule has 5 nitrogen and oxygen atoms in total. The molecule has 1 N–H and O–H groups in total. The topological polar surface area (TPSA) is 58.2 Å². The van der Waals surface area contributed by atoms with Gasteiger partial charge in [-0.3, -0.25) is 9.89 Å². The Hall–Kier alpha value is -2.60. The third-order valence-corrected chi connectivity index (χ3v) is 4.83. The van der Waals surface area contributed by atoms with Crippen molar-refractivity contribution in [3.05, 3.63) is 59.0 Å². The van der Waals surface area contributed by atoms with Gasteiger partial charge in [0.15, 0.2) is 5.69 Å². The monoisotopic (exact) mass is 373 g/mol. The molecule has 7 heteroatoms. The van der Waals surface area contributed by atoms with Crippen molar-refractivity contribution in [2.75, 3.05) is 13.1 Å². The molecule has 1 fully saturated rings. The molecule has 1 aromatic heterocycles. The van der Waals surface area contributed by atoms with Crippen LogP contribution in [0.1, 0.15) is 23.3 Å². The van der Waals surface area contributed by atoms with Crippen LogP contribution in [0.5, 0.6) is 5.75 Å². The molecule has 0 bridgehead atoms. The first-order valence-electron chi connectivity index (χ1n) is 8.45. The van der Waals surface area contributed by atoms with E-state index in [9.17, 15) is 9.18 Å². The van der Waals surface area contributed by atoms with Crippen LogP contribution in [0.4, 0.5) is 4.39 Å². The molecule has 0 aliphatic carbocycles. The van der Waals surface area contributed by atoms with Gasteiger partial charge in [-0.2, -0.15) is 5.10 Å². The SMILES string of the molecule is O=C(c1n[nH]c2ccc(F)cc12)N1CCC(Oc2ccc(Cl)cc2)CC1. The molecule has 0 radical (unpaired) electrons. The fraction of sp³-hybridized carbons (Fsp3) is 0.263. The number of halogens is 2. The highest BCUT2D eigenvalue weighted by Crippen LogP contribution is 2.23. The van der Waals surface area contributed by atoms with Gasteiger partial charge in [0.05, 0.1) is 5.52 Å². The van der Waals surface area contributed by atoms with Crippen LogP contribution in [0.25, 0.3) is 10.9 Å². The Morgan fingerprint density at radius 2 is 1.92 bits per heavy atom. The summed E-state index contributed by atoms with van der Waals surface area (Å²) in [5.74, 6) is 0.197. The number of carbonyl (C=O) groups is 1. The first-order valence-corrected chi connectivity index (χ1v) is 8.83. The van der Waals surface area contributed by atoms with E-state index in [1.165, 1.54) is 12.1 Å². The minimum atomic E-state index is -0.386. The van der Waals surface area contributed by atoms with E-state index in [2.05, 4.69) is 10.2 Å². The number of likely N-dealkylation sites (tertiary alicyclic amines) is 1. The third kappa shape index (κ3) is 3.37. The molecule has 2 heterocycles. The molecule has 3 aromatic rings. The maximum absolute atomic E-state index is 13.5. The molecule has 0 unspecified atom stereocenters. The van der Waals surface area contributed by atoms with Crippen LogP contribution in [0, 0.1) is 5.82 Å². The maximum Gasteiger partial charge on any atom is 0.274 e. The normalized spacial score (nSPS) is 15.4. The largest absolute Gasteiger partial charge is 0.490 e. The van der Waals surface area contributed by atoms with Crippen molar-refractivity contribution < 1.29 is 13.9 Å². The molecule has 1 amide bonds. The van der Waals surface area contributed by atoms with Gasteiger partial charge in [0.1, 0.15) is 17.7 Å². The van der Waals surface area contributed by atoms with Crippen LogP contribution in [-0.2, 0) is 0 Å². The zero-order valence-corrected chi connectivity index (χ0v) is 14.7. The Bertz CT molecular complexity index is 934.